The number of rotatable bonds is 3. The van der Waals surface area contributed by atoms with Gasteiger partial charge in [-0.1, -0.05) is 30.3 Å². The highest BCUT2D eigenvalue weighted by Gasteiger charge is 2.54. The number of carbonyl (C=O) groups is 1. The number of hydrogen-bond donors (Lipinski definition) is 1. The second kappa shape index (κ2) is 4.97. The molecule has 1 aliphatic heterocycles. The number of aryl methyl sites for hydroxylation is 1. The number of aromatic amines is 1. The molecule has 2 heterocycles. The van der Waals surface area contributed by atoms with Crippen LogP contribution in [0.5, 0.6) is 0 Å². The van der Waals surface area contributed by atoms with E-state index in [1.165, 1.54) is 5.56 Å². The van der Waals surface area contributed by atoms with Crippen LogP contribution in [-0.4, -0.2) is 27.3 Å². The van der Waals surface area contributed by atoms with E-state index in [0.29, 0.717) is 0 Å². The van der Waals surface area contributed by atoms with Crippen LogP contribution in [0.1, 0.15) is 48.8 Å². The van der Waals surface area contributed by atoms with Gasteiger partial charge >= 0.3 is 0 Å². The summed E-state index contributed by atoms with van der Waals surface area (Å²) in [6.45, 7) is 2.85. The maximum atomic E-state index is 13.2. The van der Waals surface area contributed by atoms with Crippen molar-refractivity contribution >= 4 is 5.91 Å². The molecule has 114 valence electrons. The number of carbonyl (C=O) groups excluding carboxylic acids is 1. The maximum Gasteiger partial charge on any atom is 0.233 e. The van der Waals surface area contributed by atoms with Crippen LogP contribution in [0.3, 0.4) is 0 Å². The number of nitrogens with one attached hydrogen (secondary N) is 1. The Balaban J connectivity index is 1.62. The van der Waals surface area contributed by atoms with Gasteiger partial charge in [0.1, 0.15) is 5.82 Å². The third-order valence-electron chi connectivity index (χ3n) is 5.04. The average molecular weight is 295 g/mol. The summed E-state index contributed by atoms with van der Waals surface area (Å²) in [5.74, 6) is 1.22. The van der Waals surface area contributed by atoms with E-state index in [4.69, 9.17) is 0 Å². The molecule has 4 rings (SSSR count). The van der Waals surface area contributed by atoms with E-state index in [9.17, 15) is 4.79 Å². The molecule has 1 amide bonds. The molecule has 1 aliphatic carbocycles. The molecule has 4 nitrogen and oxygen atoms in total. The van der Waals surface area contributed by atoms with Gasteiger partial charge in [0, 0.05) is 18.4 Å². The maximum absolute atomic E-state index is 13.2. The van der Waals surface area contributed by atoms with Crippen molar-refractivity contribution in [2.45, 2.75) is 44.1 Å². The van der Waals surface area contributed by atoms with E-state index >= 15 is 0 Å². The van der Waals surface area contributed by atoms with Crippen molar-refractivity contribution in [2.75, 3.05) is 6.54 Å². The summed E-state index contributed by atoms with van der Waals surface area (Å²) in [6.07, 6.45) is 5.84. The quantitative estimate of drug-likeness (QED) is 0.946. The summed E-state index contributed by atoms with van der Waals surface area (Å²) in [7, 11) is 0. The van der Waals surface area contributed by atoms with E-state index in [0.717, 1.165) is 43.7 Å². The molecule has 1 aromatic carbocycles. The highest BCUT2D eigenvalue weighted by Crippen LogP contribution is 2.51. The molecule has 1 aromatic heterocycles. The smallest absolute Gasteiger partial charge is 0.233 e. The van der Waals surface area contributed by atoms with E-state index in [2.05, 4.69) is 27.0 Å². The molecular formula is C18H21N3O. The SMILES string of the molecule is Cc1cnc(C2CCCN2C(=O)C2(c3ccccc3)CC2)[nH]1. The van der Waals surface area contributed by atoms with Crippen LogP contribution >= 0.6 is 0 Å². The Kier molecular flexibility index (Phi) is 3.06. The van der Waals surface area contributed by atoms with Gasteiger partial charge in [0.15, 0.2) is 0 Å². The summed E-state index contributed by atoms with van der Waals surface area (Å²) < 4.78 is 0. The Morgan fingerprint density at radius 3 is 2.73 bits per heavy atom. The van der Waals surface area contributed by atoms with Crippen molar-refractivity contribution in [1.29, 1.82) is 0 Å². The predicted molar refractivity (Wildman–Crippen MR) is 84.4 cm³/mol. The molecule has 1 atom stereocenters. The van der Waals surface area contributed by atoms with Crippen molar-refractivity contribution in [3.05, 3.63) is 53.6 Å². The van der Waals surface area contributed by atoms with E-state index in [-0.39, 0.29) is 17.4 Å². The predicted octanol–water partition coefficient (Wildman–Crippen LogP) is 3.11. The van der Waals surface area contributed by atoms with Crippen LogP contribution in [0.4, 0.5) is 0 Å². The van der Waals surface area contributed by atoms with E-state index in [1.807, 2.05) is 31.3 Å². The van der Waals surface area contributed by atoms with Crippen LogP contribution in [0.2, 0.25) is 0 Å². The van der Waals surface area contributed by atoms with Gasteiger partial charge in [-0.15, -0.1) is 0 Å². The number of aromatic nitrogens is 2. The Labute approximate surface area is 130 Å². The Morgan fingerprint density at radius 2 is 2.09 bits per heavy atom. The Hall–Kier alpha value is -2.10. The highest BCUT2D eigenvalue weighted by molar-refractivity contribution is 5.91. The third kappa shape index (κ3) is 2.05. The summed E-state index contributed by atoms with van der Waals surface area (Å²) in [5, 5.41) is 0. The molecule has 4 heteroatoms. The molecular weight excluding hydrogens is 274 g/mol. The number of hydrogen-bond acceptors (Lipinski definition) is 2. The second-order valence-corrected chi connectivity index (χ2v) is 6.56. The van der Waals surface area contributed by atoms with Gasteiger partial charge in [0.05, 0.1) is 11.5 Å². The van der Waals surface area contributed by atoms with E-state index < -0.39 is 0 Å². The molecule has 0 radical (unpaired) electrons. The fourth-order valence-corrected chi connectivity index (χ4v) is 3.68. The number of amides is 1. The lowest BCUT2D eigenvalue weighted by Crippen LogP contribution is -2.39. The van der Waals surface area contributed by atoms with Crippen molar-refractivity contribution in [1.82, 2.24) is 14.9 Å². The first-order valence-corrected chi connectivity index (χ1v) is 8.09. The lowest BCUT2D eigenvalue weighted by atomic mass is 9.94. The number of H-pyrrole nitrogens is 1. The first kappa shape index (κ1) is 13.6. The third-order valence-corrected chi connectivity index (χ3v) is 5.04. The average Bonchev–Trinajstić information content (AvgIpc) is 3.01. The molecule has 2 aromatic rings. The van der Waals surface area contributed by atoms with Gasteiger partial charge in [-0.2, -0.15) is 0 Å². The highest BCUT2D eigenvalue weighted by atomic mass is 16.2. The minimum atomic E-state index is -0.272. The Bertz CT molecular complexity index is 687. The first-order valence-electron chi connectivity index (χ1n) is 8.09. The summed E-state index contributed by atoms with van der Waals surface area (Å²) in [6, 6.07) is 10.4. The second-order valence-electron chi connectivity index (χ2n) is 6.56. The fourth-order valence-electron chi connectivity index (χ4n) is 3.68. The number of imidazole rings is 1. The van der Waals surface area contributed by atoms with Crippen LogP contribution in [0, 0.1) is 6.92 Å². The van der Waals surface area contributed by atoms with Crippen molar-refractivity contribution in [3.8, 4) is 0 Å². The van der Waals surface area contributed by atoms with Crippen molar-refractivity contribution in [2.24, 2.45) is 0 Å². The topological polar surface area (TPSA) is 49.0 Å². The normalized spacial score (nSPS) is 22.8. The molecule has 1 N–H and O–H groups in total. The van der Waals surface area contributed by atoms with E-state index in [1.54, 1.807) is 0 Å². The summed E-state index contributed by atoms with van der Waals surface area (Å²) >= 11 is 0. The first-order chi connectivity index (χ1) is 10.7. The van der Waals surface area contributed by atoms with Gasteiger partial charge < -0.3 is 9.88 Å². The lowest BCUT2D eigenvalue weighted by Gasteiger charge is -2.28. The molecule has 0 spiro atoms. The molecule has 0 bridgehead atoms. The van der Waals surface area contributed by atoms with Crippen LogP contribution in [0.25, 0.3) is 0 Å². The largest absolute Gasteiger partial charge is 0.344 e. The van der Waals surface area contributed by atoms with Crippen molar-refractivity contribution < 1.29 is 4.79 Å². The van der Waals surface area contributed by atoms with Crippen LogP contribution in [-0.2, 0) is 10.2 Å². The minimum Gasteiger partial charge on any atom is -0.344 e. The van der Waals surface area contributed by atoms with Gasteiger partial charge in [-0.25, -0.2) is 4.98 Å². The standard InChI is InChI=1S/C18H21N3O/c1-13-12-19-16(20-13)15-8-5-11-21(15)17(22)18(9-10-18)14-6-3-2-4-7-14/h2-4,6-7,12,15H,5,8-11H2,1H3,(H,19,20). The van der Waals surface area contributed by atoms with Gasteiger partial charge in [-0.05, 0) is 38.2 Å². The van der Waals surface area contributed by atoms with Gasteiger partial charge in [-0.3, -0.25) is 4.79 Å². The monoisotopic (exact) mass is 295 g/mol. The number of likely N-dealkylation sites (tertiary alicyclic amines) is 1. The number of nitrogens with zero attached hydrogens (tertiary/aromatic N) is 2. The van der Waals surface area contributed by atoms with Crippen molar-refractivity contribution in [3.63, 3.8) is 0 Å². The Morgan fingerprint density at radius 1 is 1.32 bits per heavy atom. The van der Waals surface area contributed by atoms with Gasteiger partial charge in [0.25, 0.3) is 0 Å². The summed E-state index contributed by atoms with van der Waals surface area (Å²) in [5.41, 5.74) is 1.95. The zero-order chi connectivity index (χ0) is 15.2. The molecule has 1 unspecified atom stereocenters. The van der Waals surface area contributed by atoms with Crippen LogP contribution < -0.4 is 0 Å². The van der Waals surface area contributed by atoms with Gasteiger partial charge in [0.2, 0.25) is 5.91 Å². The zero-order valence-electron chi connectivity index (χ0n) is 12.9. The van der Waals surface area contributed by atoms with Crippen LogP contribution in [0.15, 0.2) is 36.5 Å². The molecule has 22 heavy (non-hydrogen) atoms. The molecule has 2 aliphatic rings. The lowest BCUT2D eigenvalue weighted by molar-refractivity contribution is -0.135. The number of benzene rings is 1. The summed E-state index contributed by atoms with van der Waals surface area (Å²) in [4.78, 5) is 23.0. The molecule has 1 saturated heterocycles. The molecule has 2 fully saturated rings. The fraction of sp³-hybridized carbons (Fsp3) is 0.444. The zero-order valence-corrected chi connectivity index (χ0v) is 12.9. The minimum absolute atomic E-state index is 0.113. The molecule has 1 saturated carbocycles.